The number of benzene rings is 1. The Balaban J connectivity index is 1.70. The molecule has 38 heavy (non-hydrogen) atoms. The molecule has 1 saturated heterocycles. The Hall–Kier alpha value is -1.64. The van der Waals surface area contributed by atoms with Crippen molar-refractivity contribution in [2.75, 3.05) is 40.4 Å². The Morgan fingerprint density at radius 2 is 2.00 bits per heavy atom. The van der Waals surface area contributed by atoms with E-state index in [2.05, 4.69) is 5.32 Å². The molecule has 0 aromatic heterocycles. The second kappa shape index (κ2) is 14.1. The molecule has 1 heterocycles. The number of carbonyl (C=O) groups excluding carboxylic acids is 1. The van der Waals surface area contributed by atoms with Gasteiger partial charge >= 0.3 is 0 Å². The van der Waals surface area contributed by atoms with Crippen molar-refractivity contribution in [3.8, 4) is 0 Å². The molecule has 2 aliphatic rings. The molecule has 1 amide bonds. The normalized spacial score (nSPS) is 22.7. The van der Waals surface area contributed by atoms with Gasteiger partial charge in [-0.15, -0.1) is 0 Å². The van der Waals surface area contributed by atoms with E-state index in [1.54, 1.807) is 32.2 Å². The summed E-state index contributed by atoms with van der Waals surface area (Å²) in [6, 6.07) is 5.16. The Kier molecular flexibility index (Phi) is 11.5. The minimum atomic E-state index is -2.55. The van der Waals surface area contributed by atoms with Crippen molar-refractivity contribution in [1.29, 1.82) is 0 Å². The molecule has 2 N–H and O–H groups in total. The lowest BCUT2D eigenvalue weighted by atomic mass is 9.73. The lowest BCUT2D eigenvalue weighted by Crippen LogP contribution is -2.49. The molecule has 2 fully saturated rings. The van der Waals surface area contributed by atoms with Gasteiger partial charge in [0.2, 0.25) is 11.8 Å². The number of alkyl halides is 2. The van der Waals surface area contributed by atoms with E-state index < -0.39 is 11.5 Å². The van der Waals surface area contributed by atoms with Crippen LogP contribution in [0.1, 0.15) is 81.8 Å². The number of aryl methyl sites for hydroxylation is 1. The SMILES string of the molecule is CNC[C@@H](CC(=O)N1CCC[C@@H]([C@@](O)(CCCCOC)c2cccc(C)c2F)C1)CC1CCC(F)(F)CC1. The molecule has 5 nitrogen and oxygen atoms in total. The van der Waals surface area contributed by atoms with Gasteiger partial charge in [-0.2, -0.15) is 0 Å². The van der Waals surface area contributed by atoms with Crippen molar-refractivity contribution in [3.63, 3.8) is 0 Å². The predicted molar refractivity (Wildman–Crippen MR) is 144 cm³/mol. The number of nitrogens with zero attached hydrogens (tertiary/aromatic N) is 1. The molecule has 0 radical (unpaired) electrons. The van der Waals surface area contributed by atoms with Gasteiger partial charge in [-0.05, 0) is 89.3 Å². The van der Waals surface area contributed by atoms with Crippen LogP contribution in [0.15, 0.2) is 18.2 Å². The molecular formula is C30H47F3N2O3. The van der Waals surface area contributed by atoms with Gasteiger partial charge in [-0.25, -0.2) is 13.2 Å². The number of hydrogen-bond acceptors (Lipinski definition) is 4. The van der Waals surface area contributed by atoms with Crippen LogP contribution in [-0.2, 0) is 15.1 Å². The van der Waals surface area contributed by atoms with Crippen LogP contribution in [0.5, 0.6) is 0 Å². The van der Waals surface area contributed by atoms with Crippen molar-refractivity contribution in [1.82, 2.24) is 10.2 Å². The Labute approximate surface area is 226 Å². The van der Waals surface area contributed by atoms with Crippen LogP contribution in [0.4, 0.5) is 13.2 Å². The Morgan fingerprint density at radius 1 is 1.26 bits per heavy atom. The number of unbranched alkanes of at least 4 members (excludes halogenated alkanes) is 1. The highest BCUT2D eigenvalue weighted by molar-refractivity contribution is 5.76. The molecule has 1 saturated carbocycles. The number of amides is 1. The van der Waals surface area contributed by atoms with Crippen LogP contribution in [0.2, 0.25) is 0 Å². The first-order chi connectivity index (χ1) is 18.1. The number of aliphatic hydroxyl groups is 1. The molecule has 0 unspecified atom stereocenters. The minimum absolute atomic E-state index is 0.0301. The fourth-order valence-electron chi connectivity index (χ4n) is 6.49. The summed E-state index contributed by atoms with van der Waals surface area (Å²) < 4.78 is 47.7. The number of hydrogen-bond donors (Lipinski definition) is 2. The summed E-state index contributed by atoms with van der Waals surface area (Å²) in [5.74, 6) is -2.88. The zero-order valence-electron chi connectivity index (χ0n) is 23.4. The molecule has 216 valence electrons. The third kappa shape index (κ3) is 8.18. The first-order valence-electron chi connectivity index (χ1n) is 14.4. The third-order valence-corrected chi connectivity index (χ3v) is 8.72. The smallest absolute Gasteiger partial charge is 0.248 e. The number of halogens is 3. The summed E-state index contributed by atoms with van der Waals surface area (Å²) in [6.07, 6.45) is 5.31. The number of piperidine rings is 1. The van der Waals surface area contributed by atoms with Crippen LogP contribution < -0.4 is 5.32 Å². The first kappa shape index (κ1) is 30.9. The van der Waals surface area contributed by atoms with Gasteiger partial charge in [0.1, 0.15) is 5.82 Å². The van der Waals surface area contributed by atoms with Gasteiger partial charge in [0, 0.05) is 57.6 Å². The maximum atomic E-state index is 15.3. The van der Waals surface area contributed by atoms with Gasteiger partial charge in [-0.3, -0.25) is 4.79 Å². The van der Waals surface area contributed by atoms with Crippen molar-refractivity contribution in [2.24, 2.45) is 17.8 Å². The molecule has 1 aliphatic heterocycles. The highest BCUT2D eigenvalue weighted by atomic mass is 19.3. The first-order valence-corrected chi connectivity index (χ1v) is 14.4. The molecule has 8 heteroatoms. The number of carbonyl (C=O) groups is 1. The number of ether oxygens (including phenoxy) is 1. The van der Waals surface area contributed by atoms with E-state index in [-0.39, 0.29) is 42.3 Å². The molecule has 1 aromatic rings. The van der Waals surface area contributed by atoms with Crippen LogP contribution in [-0.4, -0.2) is 62.2 Å². The van der Waals surface area contributed by atoms with Crippen LogP contribution in [0.25, 0.3) is 0 Å². The van der Waals surface area contributed by atoms with Crippen molar-refractivity contribution in [3.05, 3.63) is 35.1 Å². The molecule has 1 aliphatic carbocycles. The van der Waals surface area contributed by atoms with Gasteiger partial charge in [0.25, 0.3) is 0 Å². The Morgan fingerprint density at radius 3 is 2.68 bits per heavy atom. The summed E-state index contributed by atoms with van der Waals surface area (Å²) in [5.41, 5.74) is -0.561. The van der Waals surface area contributed by atoms with Crippen molar-refractivity contribution in [2.45, 2.75) is 89.1 Å². The summed E-state index contributed by atoms with van der Waals surface area (Å²) in [5, 5.41) is 15.2. The third-order valence-electron chi connectivity index (χ3n) is 8.72. The van der Waals surface area contributed by atoms with Crippen LogP contribution in [0, 0.1) is 30.5 Å². The fraction of sp³-hybridized carbons (Fsp3) is 0.767. The fourth-order valence-corrected chi connectivity index (χ4v) is 6.49. The molecule has 1 aromatic carbocycles. The largest absolute Gasteiger partial charge is 0.385 e. The zero-order valence-corrected chi connectivity index (χ0v) is 23.4. The van der Waals surface area contributed by atoms with E-state index in [4.69, 9.17) is 4.74 Å². The second-order valence-corrected chi connectivity index (χ2v) is 11.7. The van der Waals surface area contributed by atoms with Gasteiger partial charge in [-0.1, -0.05) is 18.2 Å². The second-order valence-electron chi connectivity index (χ2n) is 11.7. The zero-order chi connectivity index (χ0) is 27.8. The number of nitrogens with one attached hydrogen (secondary N) is 1. The summed E-state index contributed by atoms with van der Waals surface area (Å²) in [7, 11) is 3.49. The Bertz CT molecular complexity index is 889. The maximum Gasteiger partial charge on any atom is 0.248 e. The summed E-state index contributed by atoms with van der Waals surface area (Å²) >= 11 is 0. The minimum Gasteiger partial charge on any atom is -0.385 e. The summed E-state index contributed by atoms with van der Waals surface area (Å²) in [4.78, 5) is 15.3. The average molecular weight is 541 g/mol. The maximum absolute atomic E-state index is 15.3. The van der Waals surface area contributed by atoms with E-state index in [0.717, 1.165) is 19.3 Å². The highest BCUT2D eigenvalue weighted by Gasteiger charge is 2.43. The van der Waals surface area contributed by atoms with E-state index in [1.165, 1.54) is 0 Å². The number of likely N-dealkylation sites (tertiary alicyclic amines) is 1. The molecule has 0 spiro atoms. The lowest BCUT2D eigenvalue weighted by Gasteiger charge is -2.43. The van der Waals surface area contributed by atoms with Gasteiger partial charge < -0.3 is 20.1 Å². The number of rotatable bonds is 13. The van der Waals surface area contributed by atoms with Crippen LogP contribution >= 0.6 is 0 Å². The molecule has 0 bridgehead atoms. The van der Waals surface area contributed by atoms with Crippen LogP contribution in [0.3, 0.4) is 0 Å². The van der Waals surface area contributed by atoms with E-state index in [0.29, 0.717) is 75.9 Å². The average Bonchev–Trinajstić information content (AvgIpc) is 2.89. The summed E-state index contributed by atoms with van der Waals surface area (Å²) in [6.45, 7) is 3.94. The molecule has 3 atom stereocenters. The van der Waals surface area contributed by atoms with Gasteiger partial charge in [0.05, 0.1) is 5.60 Å². The van der Waals surface area contributed by atoms with Crippen molar-refractivity contribution < 1.29 is 27.8 Å². The van der Waals surface area contributed by atoms with E-state index in [1.807, 2.05) is 11.9 Å². The van der Waals surface area contributed by atoms with E-state index >= 15 is 4.39 Å². The predicted octanol–water partition coefficient (Wildman–Crippen LogP) is 5.82. The topological polar surface area (TPSA) is 61.8 Å². The quantitative estimate of drug-likeness (QED) is 0.310. The molecular weight excluding hydrogens is 493 g/mol. The molecule has 3 rings (SSSR count). The van der Waals surface area contributed by atoms with E-state index in [9.17, 15) is 18.7 Å². The standard InChI is InChI=1S/C30H47F3N2O3/c1-22-8-6-10-26(28(22)31)30(37,13-4-5-17-38-3)25-9-7-16-35(21-25)27(36)19-24(20-34-2)18-23-11-14-29(32,33)15-12-23/h6,8,10,23-25,34,37H,4-5,7,9,11-21H2,1-3H3/t24-,25-,30+/m1/s1. The highest BCUT2D eigenvalue weighted by Crippen LogP contribution is 2.42. The van der Waals surface area contributed by atoms with Gasteiger partial charge in [0.15, 0.2) is 0 Å². The monoisotopic (exact) mass is 540 g/mol. The number of methoxy groups -OCH3 is 1. The van der Waals surface area contributed by atoms with Crippen molar-refractivity contribution >= 4 is 5.91 Å². The lowest BCUT2D eigenvalue weighted by molar-refractivity contribution is -0.138.